The van der Waals surface area contributed by atoms with Crippen molar-refractivity contribution in [1.29, 1.82) is 0 Å². The van der Waals surface area contributed by atoms with Crippen molar-refractivity contribution in [3.63, 3.8) is 0 Å². The van der Waals surface area contributed by atoms with Crippen LogP contribution in [0.5, 0.6) is 0 Å². The standard InChI is InChI=1S/C13H20N2/c1-8-4-5-11(10(3)9(8)2)12(14)13(15)6-7-13/h4-5,12H,6-7,14-15H2,1-3H3. The third kappa shape index (κ3) is 1.68. The van der Waals surface area contributed by atoms with Crippen LogP contribution in [0.2, 0.25) is 0 Å². The molecule has 1 aromatic carbocycles. The van der Waals surface area contributed by atoms with Gasteiger partial charge in [-0.15, -0.1) is 0 Å². The molecule has 15 heavy (non-hydrogen) atoms. The molecule has 1 aliphatic rings. The van der Waals surface area contributed by atoms with Crippen LogP contribution in [0.25, 0.3) is 0 Å². The van der Waals surface area contributed by atoms with Crippen LogP contribution in [0, 0.1) is 20.8 Å². The maximum Gasteiger partial charge on any atom is 0.0480 e. The van der Waals surface area contributed by atoms with E-state index in [-0.39, 0.29) is 11.6 Å². The average Bonchev–Trinajstić information content (AvgIpc) is 2.94. The van der Waals surface area contributed by atoms with E-state index in [9.17, 15) is 0 Å². The third-order valence-electron chi connectivity index (χ3n) is 3.88. The fourth-order valence-electron chi connectivity index (χ4n) is 2.08. The van der Waals surface area contributed by atoms with Crippen LogP contribution in [-0.2, 0) is 0 Å². The maximum absolute atomic E-state index is 6.23. The van der Waals surface area contributed by atoms with Crippen LogP contribution in [0.4, 0.5) is 0 Å². The summed E-state index contributed by atoms with van der Waals surface area (Å²) >= 11 is 0. The van der Waals surface area contributed by atoms with Crippen molar-refractivity contribution in [3.8, 4) is 0 Å². The Hall–Kier alpha value is -0.860. The molecule has 1 aromatic rings. The van der Waals surface area contributed by atoms with Gasteiger partial charge in [0.05, 0.1) is 0 Å². The van der Waals surface area contributed by atoms with Gasteiger partial charge in [0.15, 0.2) is 0 Å². The molecule has 0 radical (unpaired) electrons. The molecule has 0 heterocycles. The topological polar surface area (TPSA) is 52.0 Å². The smallest absolute Gasteiger partial charge is 0.0480 e. The van der Waals surface area contributed by atoms with E-state index in [4.69, 9.17) is 11.5 Å². The van der Waals surface area contributed by atoms with E-state index in [1.807, 2.05) is 0 Å². The van der Waals surface area contributed by atoms with Crippen molar-refractivity contribution in [2.45, 2.75) is 45.2 Å². The van der Waals surface area contributed by atoms with Crippen LogP contribution in [0.3, 0.4) is 0 Å². The zero-order chi connectivity index (χ0) is 11.2. The summed E-state index contributed by atoms with van der Waals surface area (Å²) in [5.41, 5.74) is 17.4. The molecule has 0 saturated heterocycles. The van der Waals surface area contributed by atoms with Gasteiger partial charge in [0, 0.05) is 11.6 Å². The summed E-state index contributed by atoms with van der Waals surface area (Å²) in [6.45, 7) is 6.42. The van der Waals surface area contributed by atoms with Gasteiger partial charge in [-0.2, -0.15) is 0 Å². The van der Waals surface area contributed by atoms with E-state index in [1.54, 1.807) is 0 Å². The molecular formula is C13H20N2. The largest absolute Gasteiger partial charge is 0.323 e. The molecular weight excluding hydrogens is 184 g/mol. The maximum atomic E-state index is 6.23. The Morgan fingerprint density at radius 3 is 2.27 bits per heavy atom. The Morgan fingerprint density at radius 1 is 1.13 bits per heavy atom. The molecule has 0 bridgehead atoms. The quantitative estimate of drug-likeness (QED) is 0.775. The van der Waals surface area contributed by atoms with E-state index in [1.165, 1.54) is 22.3 Å². The molecule has 2 heteroatoms. The van der Waals surface area contributed by atoms with Gasteiger partial charge in [0.1, 0.15) is 0 Å². The van der Waals surface area contributed by atoms with Gasteiger partial charge in [-0.3, -0.25) is 0 Å². The summed E-state index contributed by atoms with van der Waals surface area (Å²) in [6.07, 6.45) is 2.11. The number of benzene rings is 1. The Balaban J connectivity index is 2.41. The summed E-state index contributed by atoms with van der Waals surface area (Å²) in [5.74, 6) is 0. The van der Waals surface area contributed by atoms with Gasteiger partial charge in [0.25, 0.3) is 0 Å². The average molecular weight is 204 g/mol. The lowest BCUT2D eigenvalue weighted by Crippen LogP contribution is -2.36. The monoisotopic (exact) mass is 204 g/mol. The predicted octanol–water partition coefficient (Wildman–Crippen LogP) is 2.10. The van der Waals surface area contributed by atoms with Gasteiger partial charge in [-0.05, 0) is 55.9 Å². The Morgan fingerprint density at radius 2 is 1.73 bits per heavy atom. The summed E-state index contributed by atoms with van der Waals surface area (Å²) in [4.78, 5) is 0. The van der Waals surface area contributed by atoms with E-state index >= 15 is 0 Å². The molecule has 1 saturated carbocycles. The van der Waals surface area contributed by atoms with Crippen molar-refractivity contribution in [2.75, 3.05) is 0 Å². The summed E-state index contributed by atoms with van der Waals surface area (Å²) in [5, 5.41) is 0. The molecule has 2 nitrogen and oxygen atoms in total. The molecule has 0 aromatic heterocycles. The fraction of sp³-hybridized carbons (Fsp3) is 0.538. The number of nitrogens with two attached hydrogens (primary N) is 2. The van der Waals surface area contributed by atoms with Crippen LogP contribution in [0.1, 0.15) is 41.1 Å². The Labute approximate surface area is 91.7 Å². The van der Waals surface area contributed by atoms with Gasteiger partial charge in [-0.25, -0.2) is 0 Å². The number of hydrogen-bond acceptors (Lipinski definition) is 2. The first-order valence-corrected chi connectivity index (χ1v) is 5.57. The molecule has 1 fully saturated rings. The minimum Gasteiger partial charge on any atom is -0.323 e. The van der Waals surface area contributed by atoms with Crippen LogP contribution >= 0.6 is 0 Å². The molecule has 1 atom stereocenters. The zero-order valence-electron chi connectivity index (χ0n) is 9.80. The summed E-state index contributed by atoms with van der Waals surface area (Å²) in [7, 11) is 0. The molecule has 1 aliphatic carbocycles. The van der Waals surface area contributed by atoms with Crippen LogP contribution in [-0.4, -0.2) is 5.54 Å². The Bertz CT molecular complexity index is 392. The molecule has 0 aliphatic heterocycles. The normalized spacial score (nSPS) is 20.1. The van der Waals surface area contributed by atoms with Crippen LogP contribution < -0.4 is 11.5 Å². The first kappa shape index (κ1) is 10.7. The zero-order valence-corrected chi connectivity index (χ0v) is 9.80. The Kier molecular flexibility index (Phi) is 2.36. The number of hydrogen-bond donors (Lipinski definition) is 2. The highest BCUT2D eigenvalue weighted by molar-refractivity contribution is 5.42. The SMILES string of the molecule is Cc1ccc(C(N)C2(N)CC2)c(C)c1C. The van der Waals surface area contributed by atoms with Gasteiger partial charge in [-0.1, -0.05) is 12.1 Å². The predicted molar refractivity (Wildman–Crippen MR) is 63.7 cm³/mol. The lowest BCUT2D eigenvalue weighted by Gasteiger charge is -2.22. The first-order chi connectivity index (χ1) is 6.96. The van der Waals surface area contributed by atoms with Crippen LogP contribution in [0.15, 0.2) is 12.1 Å². The molecule has 0 spiro atoms. The van der Waals surface area contributed by atoms with Crippen molar-refractivity contribution in [1.82, 2.24) is 0 Å². The molecule has 1 unspecified atom stereocenters. The highest BCUT2D eigenvalue weighted by Gasteiger charge is 2.45. The van der Waals surface area contributed by atoms with E-state index in [0.717, 1.165) is 12.8 Å². The second kappa shape index (κ2) is 3.32. The summed E-state index contributed by atoms with van der Waals surface area (Å²) < 4.78 is 0. The van der Waals surface area contributed by atoms with Crippen molar-refractivity contribution in [2.24, 2.45) is 11.5 Å². The minimum absolute atomic E-state index is 0.00296. The second-order valence-corrected chi connectivity index (χ2v) is 4.93. The van der Waals surface area contributed by atoms with E-state index in [2.05, 4.69) is 32.9 Å². The number of aryl methyl sites for hydroxylation is 1. The third-order valence-corrected chi connectivity index (χ3v) is 3.88. The lowest BCUT2D eigenvalue weighted by molar-refractivity contribution is 0.533. The van der Waals surface area contributed by atoms with E-state index < -0.39 is 0 Å². The molecule has 0 amide bonds. The van der Waals surface area contributed by atoms with E-state index in [0.29, 0.717) is 0 Å². The van der Waals surface area contributed by atoms with Gasteiger partial charge in [0.2, 0.25) is 0 Å². The molecule has 82 valence electrons. The highest BCUT2D eigenvalue weighted by Crippen LogP contribution is 2.43. The van der Waals surface area contributed by atoms with Gasteiger partial charge >= 0.3 is 0 Å². The van der Waals surface area contributed by atoms with Gasteiger partial charge < -0.3 is 11.5 Å². The minimum atomic E-state index is -0.132. The fourth-order valence-corrected chi connectivity index (χ4v) is 2.08. The molecule has 4 N–H and O–H groups in total. The van der Waals surface area contributed by atoms with Crippen molar-refractivity contribution in [3.05, 3.63) is 34.4 Å². The summed E-state index contributed by atoms with van der Waals surface area (Å²) in [6, 6.07) is 4.27. The first-order valence-electron chi connectivity index (χ1n) is 5.57. The second-order valence-electron chi connectivity index (χ2n) is 4.93. The molecule has 2 rings (SSSR count). The van der Waals surface area contributed by atoms with Crippen molar-refractivity contribution < 1.29 is 0 Å². The lowest BCUT2D eigenvalue weighted by atomic mass is 9.90. The highest BCUT2D eigenvalue weighted by atomic mass is 14.9. The van der Waals surface area contributed by atoms with Crippen molar-refractivity contribution >= 4 is 0 Å². The number of rotatable bonds is 2.